The van der Waals surface area contributed by atoms with Gasteiger partial charge in [-0.3, -0.25) is 0 Å². The minimum absolute atomic E-state index is 0.551. The van der Waals surface area contributed by atoms with E-state index in [1.807, 2.05) is 0 Å². The van der Waals surface area contributed by atoms with Gasteiger partial charge in [0.15, 0.2) is 0 Å². The van der Waals surface area contributed by atoms with Crippen molar-refractivity contribution in [3.8, 4) is 39.1 Å². The maximum atomic E-state index is 2.52. The smallest absolute Gasteiger partial charge is 0.0755 e. The summed E-state index contributed by atoms with van der Waals surface area (Å²) < 4.78 is 2.52. The Morgan fingerprint density at radius 1 is 0.361 bits per heavy atom. The fourth-order valence-electron chi connectivity index (χ4n) is 10.9. The minimum Gasteiger partial charge on any atom is -0.309 e. The molecule has 0 N–H and O–H groups in total. The van der Waals surface area contributed by atoms with Gasteiger partial charge in [0.05, 0.1) is 33.5 Å². The zero-order valence-electron chi connectivity index (χ0n) is 33.3. The molecule has 0 bridgehead atoms. The first-order chi connectivity index (χ1) is 30.3. The molecule has 2 heteroatoms. The highest BCUT2D eigenvalue weighted by atomic mass is 15.1. The Morgan fingerprint density at radius 2 is 0.967 bits per heavy atom. The number of hydrogen-bond acceptors (Lipinski definition) is 1. The molecular weight excluding hydrogens is 737 g/mol. The first-order valence-electron chi connectivity index (χ1n) is 21.2. The second kappa shape index (κ2) is 13.0. The van der Waals surface area contributed by atoms with Crippen LogP contribution in [0.5, 0.6) is 0 Å². The molecule has 11 aromatic rings. The zero-order chi connectivity index (χ0) is 40.1. The van der Waals surface area contributed by atoms with Gasteiger partial charge in [-0.2, -0.15) is 0 Å². The molecule has 0 fully saturated rings. The van der Waals surface area contributed by atoms with E-state index in [1.165, 1.54) is 93.9 Å². The van der Waals surface area contributed by atoms with Crippen LogP contribution in [0.15, 0.2) is 231 Å². The maximum Gasteiger partial charge on any atom is 0.0755 e. The van der Waals surface area contributed by atoms with Crippen molar-refractivity contribution in [2.24, 2.45) is 0 Å². The highest BCUT2D eigenvalue weighted by Crippen LogP contribution is 2.63. The lowest BCUT2D eigenvalue weighted by atomic mass is 9.65. The number of nitrogens with zero attached hydrogens (tertiary/aromatic N) is 2. The number of para-hydroxylation sites is 4. The molecule has 2 heterocycles. The van der Waals surface area contributed by atoms with Gasteiger partial charge in [0.25, 0.3) is 0 Å². The second-order valence-corrected chi connectivity index (χ2v) is 16.4. The van der Waals surface area contributed by atoms with E-state index < -0.39 is 5.41 Å². The van der Waals surface area contributed by atoms with E-state index in [1.54, 1.807) is 0 Å². The Labute approximate surface area is 354 Å². The number of fused-ring (bicyclic) bond motifs is 13. The van der Waals surface area contributed by atoms with Gasteiger partial charge in [-0.05, 0) is 91.7 Å². The monoisotopic (exact) mass is 774 g/mol. The zero-order valence-corrected chi connectivity index (χ0v) is 33.3. The summed E-state index contributed by atoms with van der Waals surface area (Å²) in [5.74, 6) is 0. The van der Waals surface area contributed by atoms with Crippen LogP contribution in [-0.4, -0.2) is 4.57 Å². The van der Waals surface area contributed by atoms with Crippen LogP contribution in [-0.2, 0) is 5.41 Å². The van der Waals surface area contributed by atoms with E-state index in [9.17, 15) is 0 Å². The highest BCUT2D eigenvalue weighted by molar-refractivity contribution is 6.13. The van der Waals surface area contributed by atoms with Crippen LogP contribution in [0.25, 0.3) is 71.6 Å². The van der Waals surface area contributed by atoms with Crippen LogP contribution in [0.2, 0.25) is 0 Å². The lowest BCUT2D eigenvalue weighted by Crippen LogP contribution is -2.33. The molecule has 0 radical (unpaired) electrons. The summed E-state index contributed by atoms with van der Waals surface area (Å²) in [7, 11) is 0. The molecule has 1 aliphatic carbocycles. The summed E-state index contributed by atoms with van der Waals surface area (Å²) in [5.41, 5.74) is 19.1. The van der Waals surface area contributed by atoms with Gasteiger partial charge in [0.1, 0.15) is 0 Å². The Balaban J connectivity index is 1.11. The third-order valence-corrected chi connectivity index (χ3v) is 13.4. The summed E-state index contributed by atoms with van der Waals surface area (Å²) in [6, 6.07) is 85.4. The van der Waals surface area contributed by atoms with Crippen molar-refractivity contribution in [1.82, 2.24) is 4.57 Å². The van der Waals surface area contributed by atoms with Crippen molar-refractivity contribution in [3.63, 3.8) is 0 Å². The van der Waals surface area contributed by atoms with Crippen LogP contribution in [0.1, 0.15) is 22.3 Å². The molecule has 61 heavy (non-hydrogen) atoms. The Kier molecular flexibility index (Phi) is 7.26. The van der Waals surface area contributed by atoms with Crippen molar-refractivity contribution in [2.75, 3.05) is 4.90 Å². The van der Waals surface area contributed by atoms with E-state index >= 15 is 0 Å². The van der Waals surface area contributed by atoms with Crippen molar-refractivity contribution in [1.29, 1.82) is 0 Å². The Bertz CT molecular complexity index is 3540. The van der Waals surface area contributed by atoms with Crippen molar-refractivity contribution in [3.05, 3.63) is 253 Å². The van der Waals surface area contributed by atoms with Gasteiger partial charge in [-0.15, -0.1) is 0 Å². The SMILES string of the molecule is c1ccc(-c2ccc(-c3ccccc3N(c3ccc4ccccc4c3)c3cccc4c3-c3ccccc3C43c4ccccc4-n4c5ccccc5c5cccc3c54)cc2)cc1. The molecular formula is C59H38N2. The third-order valence-electron chi connectivity index (χ3n) is 13.4. The van der Waals surface area contributed by atoms with Gasteiger partial charge in [0.2, 0.25) is 0 Å². The molecule has 13 rings (SSSR count). The van der Waals surface area contributed by atoms with E-state index in [4.69, 9.17) is 0 Å². The first kappa shape index (κ1) is 34.0. The van der Waals surface area contributed by atoms with Crippen molar-refractivity contribution < 1.29 is 0 Å². The van der Waals surface area contributed by atoms with Crippen molar-refractivity contribution >= 4 is 49.6 Å². The fraction of sp³-hybridized carbons (Fsp3) is 0.0169. The summed E-state index contributed by atoms with van der Waals surface area (Å²) in [4.78, 5) is 2.52. The van der Waals surface area contributed by atoms with Crippen LogP contribution < -0.4 is 4.90 Å². The largest absolute Gasteiger partial charge is 0.309 e. The van der Waals surface area contributed by atoms with Crippen LogP contribution in [0, 0.1) is 0 Å². The number of aromatic nitrogens is 1. The molecule has 1 aromatic heterocycles. The third kappa shape index (κ3) is 4.73. The molecule has 2 aliphatic rings. The summed E-state index contributed by atoms with van der Waals surface area (Å²) in [6.07, 6.45) is 0. The summed E-state index contributed by atoms with van der Waals surface area (Å²) >= 11 is 0. The van der Waals surface area contributed by atoms with E-state index in [-0.39, 0.29) is 0 Å². The number of rotatable bonds is 5. The Hall–Kier alpha value is -7.94. The Morgan fingerprint density at radius 3 is 1.85 bits per heavy atom. The minimum atomic E-state index is -0.551. The van der Waals surface area contributed by atoms with Crippen LogP contribution >= 0.6 is 0 Å². The predicted octanol–water partition coefficient (Wildman–Crippen LogP) is 15.4. The summed E-state index contributed by atoms with van der Waals surface area (Å²) in [5, 5.41) is 5.00. The summed E-state index contributed by atoms with van der Waals surface area (Å²) in [6.45, 7) is 0. The molecule has 10 aromatic carbocycles. The molecule has 2 nitrogen and oxygen atoms in total. The van der Waals surface area contributed by atoms with Gasteiger partial charge in [-0.25, -0.2) is 0 Å². The number of anilines is 3. The normalized spacial score (nSPS) is 14.6. The van der Waals surface area contributed by atoms with Gasteiger partial charge in [0, 0.05) is 27.6 Å². The van der Waals surface area contributed by atoms with Crippen molar-refractivity contribution in [2.45, 2.75) is 5.41 Å². The topological polar surface area (TPSA) is 8.17 Å². The van der Waals surface area contributed by atoms with E-state index in [0.29, 0.717) is 0 Å². The molecule has 0 saturated heterocycles. The lowest BCUT2D eigenvalue weighted by Gasteiger charge is -2.39. The van der Waals surface area contributed by atoms with E-state index in [0.717, 1.165) is 17.1 Å². The van der Waals surface area contributed by atoms with Gasteiger partial charge >= 0.3 is 0 Å². The van der Waals surface area contributed by atoms with Gasteiger partial charge in [-0.1, -0.05) is 194 Å². The van der Waals surface area contributed by atoms with Gasteiger partial charge < -0.3 is 9.47 Å². The van der Waals surface area contributed by atoms with Crippen LogP contribution in [0.3, 0.4) is 0 Å². The molecule has 1 aliphatic heterocycles. The predicted molar refractivity (Wildman–Crippen MR) is 255 cm³/mol. The first-order valence-corrected chi connectivity index (χ1v) is 21.2. The van der Waals surface area contributed by atoms with E-state index in [2.05, 4.69) is 240 Å². The molecule has 1 atom stereocenters. The lowest BCUT2D eigenvalue weighted by molar-refractivity contribution is 0.748. The van der Waals surface area contributed by atoms with Crippen LogP contribution in [0.4, 0.5) is 17.1 Å². The molecule has 284 valence electrons. The maximum absolute atomic E-state index is 2.52. The molecule has 0 saturated carbocycles. The average Bonchev–Trinajstić information content (AvgIpc) is 3.83. The fourth-order valence-corrected chi connectivity index (χ4v) is 10.9. The standard InChI is InChI=1S/C59H38N2/c1-2-16-39(17-3-1)41-32-34-42(35-33-41)45-20-7-11-28-53(45)60(44-37-36-40-18-4-5-19-43(40)38-44)56-31-15-26-51-57(56)48-22-6-9-24-49(48)59(51)50-25-10-13-30-55(50)61-54-29-12-8-21-46(54)47-23-14-27-52(59)58(47)61/h1-38H. The average molecular weight is 775 g/mol. The molecule has 1 spiro atoms. The quantitative estimate of drug-likeness (QED) is 0.169. The number of benzene rings is 10. The highest BCUT2D eigenvalue weighted by Gasteiger charge is 2.51. The second-order valence-electron chi connectivity index (χ2n) is 16.4. The molecule has 1 unspecified atom stereocenters. The number of hydrogen-bond donors (Lipinski definition) is 0. The molecule has 0 amide bonds.